The number of hydrogen-bond acceptors (Lipinski definition) is 7. The quantitative estimate of drug-likeness (QED) is 0.842. The highest BCUT2D eigenvalue weighted by atomic mass is 35.5. The molecule has 0 bridgehead atoms. The standard InChI is InChI=1S/C16H18ClN5O2S/c17-11-1-3-12(4-2-11)21-6-8-22(9-7-21)16-19-13-5-10-25(23,24)14(13)15(18)20-16/h1-4H,5-10H2,(H2,18,19,20). The summed E-state index contributed by atoms with van der Waals surface area (Å²) in [5.74, 6) is 0.649. The molecule has 4 rings (SSSR count). The fraction of sp³-hybridized carbons (Fsp3) is 0.375. The van der Waals surface area contributed by atoms with Crippen LogP contribution in [-0.4, -0.2) is 50.3 Å². The first-order valence-electron chi connectivity index (χ1n) is 8.09. The number of aromatic nitrogens is 2. The van der Waals surface area contributed by atoms with Crippen molar-refractivity contribution < 1.29 is 8.42 Å². The number of halogens is 1. The lowest BCUT2D eigenvalue weighted by atomic mass is 10.2. The van der Waals surface area contributed by atoms with E-state index in [1.807, 2.05) is 29.2 Å². The Morgan fingerprint density at radius 2 is 1.64 bits per heavy atom. The van der Waals surface area contributed by atoms with Crippen molar-refractivity contribution in [3.8, 4) is 0 Å². The van der Waals surface area contributed by atoms with Crippen LogP contribution in [0.3, 0.4) is 0 Å². The Hall–Kier alpha value is -2.06. The molecule has 0 saturated carbocycles. The highest BCUT2D eigenvalue weighted by Gasteiger charge is 2.32. The van der Waals surface area contributed by atoms with Crippen molar-refractivity contribution in [2.45, 2.75) is 11.3 Å². The van der Waals surface area contributed by atoms with E-state index < -0.39 is 9.84 Å². The molecule has 3 heterocycles. The second-order valence-electron chi connectivity index (χ2n) is 6.20. The molecule has 2 aromatic rings. The van der Waals surface area contributed by atoms with Gasteiger partial charge >= 0.3 is 0 Å². The number of nitrogens with two attached hydrogens (primary N) is 1. The third-order valence-electron chi connectivity index (χ3n) is 4.62. The minimum absolute atomic E-state index is 0.0645. The summed E-state index contributed by atoms with van der Waals surface area (Å²) in [5, 5.41) is 0.722. The molecule has 0 amide bonds. The zero-order valence-electron chi connectivity index (χ0n) is 13.5. The maximum Gasteiger partial charge on any atom is 0.227 e. The van der Waals surface area contributed by atoms with E-state index in [-0.39, 0.29) is 16.5 Å². The molecule has 2 N–H and O–H groups in total. The van der Waals surface area contributed by atoms with E-state index in [4.69, 9.17) is 17.3 Å². The summed E-state index contributed by atoms with van der Waals surface area (Å²) < 4.78 is 24.0. The lowest BCUT2D eigenvalue weighted by Crippen LogP contribution is -2.47. The molecular weight excluding hydrogens is 362 g/mol. The van der Waals surface area contributed by atoms with Crippen molar-refractivity contribution in [1.82, 2.24) is 9.97 Å². The van der Waals surface area contributed by atoms with Crippen LogP contribution in [0, 0.1) is 0 Å². The molecule has 9 heteroatoms. The van der Waals surface area contributed by atoms with Gasteiger partial charge in [0.05, 0.1) is 11.4 Å². The maximum atomic E-state index is 12.0. The number of benzene rings is 1. The number of rotatable bonds is 2. The molecule has 0 radical (unpaired) electrons. The van der Waals surface area contributed by atoms with Crippen molar-refractivity contribution in [2.24, 2.45) is 0 Å². The molecule has 0 spiro atoms. The summed E-state index contributed by atoms with van der Waals surface area (Å²) in [6.07, 6.45) is 0.405. The van der Waals surface area contributed by atoms with Crippen LogP contribution in [0.4, 0.5) is 17.5 Å². The minimum atomic E-state index is -3.32. The molecule has 25 heavy (non-hydrogen) atoms. The maximum absolute atomic E-state index is 12.0. The second kappa shape index (κ2) is 6.03. The lowest BCUT2D eigenvalue weighted by Gasteiger charge is -2.36. The molecule has 132 valence electrons. The van der Waals surface area contributed by atoms with Crippen LogP contribution in [0.25, 0.3) is 0 Å². The topological polar surface area (TPSA) is 92.4 Å². The van der Waals surface area contributed by atoms with Crippen LogP contribution < -0.4 is 15.5 Å². The predicted octanol–water partition coefficient (Wildman–Crippen LogP) is 1.37. The van der Waals surface area contributed by atoms with Gasteiger partial charge in [0, 0.05) is 43.3 Å². The number of aryl methyl sites for hydroxylation is 1. The fourth-order valence-electron chi connectivity index (χ4n) is 3.30. The first kappa shape index (κ1) is 16.4. The van der Waals surface area contributed by atoms with Crippen LogP contribution in [0.2, 0.25) is 5.02 Å². The van der Waals surface area contributed by atoms with E-state index >= 15 is 0 Å². The zero-order chi connectivity index (χ0) is 17.6. The largest absolute Gasteiger partial charge is 0.382 e. The Labute approximate surface area is 151 Å². The van der Waals surface area contributed by atoms with Crippen molar-refractivity contribution >= 4 is 38.9 Å². The Morgan fingerprint density at radius 3 is 2.32 bits per heavy atom. The number of nitrogens with zero attached hydrogens (tertiary/aromatic N) is 4. The molecule has 0 aliphatic carbocycles. The van der Waals surface area contributed by atoms with Gasteiger partial charge in [0.15, 0.2) is 9.84 Å². The number of fused-ring (bicyclic) bond motifs is 1. The summed E-state index contributed by atoms with van der Waals surface area (Å²) in [7, 11) is -3.32. The monoisotopic (exact) mass is 379 g/mol. The molecule has 0 atom stereocenters. The van der Waals surface area contributed by atoms with Gasteiger partial charge in [0.2, 0.25) is 5.95 Å². The van der Waals surface area contributed by atoms with Gasteiger partial charge < -0.3 is 15.5 Å². The molecule has 1 aromatic carbocycles. The molecule has 0 unspecified atom stereocenters. The summed E-state index contributed by atoms with van der Waals surface area (Å²) in [5.41, 5.74) is 7.58. The van der Waals surface area contributed by atoms with Crippen molar-refractivity contribution in [3.63, 3.8) is 0 Å². The minimum Gasteiger partial charge on any atom is -0.382 e. The average Bonchev–Trinajstić information content (AvgIpc) is 2.91. The van der Waals surface area contributed by atoms with Gasteiger partial charge in [0.25, 0.3) is 0 Å². The third-order valence-corrected chi connectivity index (χ3v) is 6.68. The van der Waals surface area contributed by atoms with Gasteiger partial charge in [-0.15, -0.1) is 0 Å². The van der Waals surface area contributed by atoms with Crippen LogP contribution in [-0.2, 0) is 16.3 Å². The van der Waals surface area contributed by atoms with Gasteiger partial charge in [0.1, 0.15) is 10.7 Å². The normalized spacial score (nSPS) is 19.1. The molecule has 1 saturated heterocycles. The van der Waals surface area contributed by atoms with E-state index in [2.05, 4.69) is 14.9 Å². The SMILES string of the molecule is Nc1nc(N2CCN(c3ccc(Cl)cc3)CC2)nc2c1S(=O)(=O)CC2. The number of nitrogen functional groups attached to an aromatic ring is 1. The van der Waals surface area contributed by atoms with Crippen LogP contribution in [0.5, 0.6) is 0 Å². The van der Waals surface area contributed by atoms with Gasteiger partial charge in [-0.3, -0.25) is 0 Å². The molecular formula is C16H18ClN5O2S. The summed E-state index contributed by atoms with van der Waals surface area (Å²) in [6, 6.07) is 7.78. The van der Waals surface area contributed by atoms with Crippen molar-refractivity contribution in [2.75, 3.05) is 47.5 Å². The average molecular weight is 380 g/mol. The smallest absolute Gasteiger partial charge is 0.227 e. The lowest BCUT2D eigenvalue weighted by molar-refractivity contribution is 0.599. The Balaban J connectivity index is 1.52. The van der Waals surface area contributed by atoms with E-state index in [9.17, 15) is 8.42 Å². The van der Waals surface area contributed by atoms with Gasteiger partial charge in [-0.1, -0.05) is 11.6 Å². The first-order valence-corrected chi connectivity index (χ1v) is 10.1. The van der Waals surface area contributed by atoms with Crippen LogP contribution >= 0.6 is 11.6 Å². The second-order valence-corrected chi connectivity index (χ2v) is 8.69. The first-order chi connectivity index (χ1) is 11.9. The zero-order valence-corrected chi connectivity index (χ0v) is 15.1. The predicted molar refractivity (Wildman–Crippen MR) is 98.1 cm³/mol. The number of anilines is 3. The van der Waals surface area contributed by atoms with Crippen LogP contribution in [0.1, 0.15) is 5.69 Å². The van der Waals surface area contributed by atoms with E-state index in [1.165, 1.54) is 0 Å². The number of piperazine rings is 1. The molecule has 2 aliphatic rings. The number of sulfone groups is 1. The summed E-state index contributed by atoms with van der Waals surface area (Å²) in [4.78, 5) is 13.2. The van der Waals surface area contributed by atoms with E-state index in [1.54, 1.807) is 0 Å². The van der Waals surface area contributed by atoms with Gasteiger partial charge in [-0.2, -0.15) is 4.98 Å². The Morgan fingerprint density at radius 1 is 1.00 bits per heavy atom. The summed E-state index contributed by atoms with van der Waals surface area (Å²) in [6.45, 7) is 3.13. The highest BCUT2D eigenvalue weighted by molar-refractivity contribution is 7.91. The van der Waals surface area contributed by atoms with E-state index in [0.29, 0.717) is 18.1 Å². The Kier molecular flexibility index (Phi) is 3.96. The fourth-order valence-corrected chi connectivity index (χ4v) is 4.97. The highest BCUT2D eigenvalue weighted by Crippen LogP contribution is 2.30. The number of hydrogen-bond donors (Lipinski definition) is 1. The molecule has 1 fully saturated rings. The van der Waals surface area contributed by atoms with E-state index in [0.717, 1.165) is 36.9 Å². The van der Waals surface area contributed by atoms with Crippen molar-refractivity contribution in [3.05, 3.63) is 35.0 Å². The van der Waals surface area contributed by atoms with Crippen molar-refractivity contribution in [1.29, 1.82) is 0 Å². The third kappa shape index (κ3) is 3.00. The van der Waals surface area contributed by atoms with Crippen LogP contribution in [0.15, 0.2) is 29.2 Å². The molecule has 7 nitrogen and oxygen atoms in total. The van der Waals surface area contributed by atoms with Gasteiger partial charge in [-0.25, -0.2) is 13.4 Å². The Bertz CT molecular complexity index is 909. The molecule has 1 aromatic heterocycles. The molecule has 2 aliphatic heterocycles. The van der Waals surface area contributed by atoms with Gasteiger partial charge in [-0.05, 0) is 24.3 Å². The summed E-state index contributed by atoms with van der Waals surface area (Å²) >= 11 is 5.94.